The molecule has 0 saturated carbocycles. The predicted molar refractivity (Wildman–Crippen MR) is 92.3 cm³/mol. The predicted octanol–water partition coefficient (Wildman–Crippen LogP) is 0.128. The average molecular weight is 368 g/mol. The number of methoxy groups -OCH3 is 3. The van der Waals surface area contributed by atoms with E-state index in [0.717, 1.165) is 0 Å². The van der Waals surface area contributed by atoms with Gasteiger partial charge in [-0.3, -0.25) is 14.4 Å². The summed E-state index contributed by atoms with van der Waals surface area (Å²) >= 11 is 0. The summed E-state index contributed by atoms with van der Waals surface area (Å²) in [7, 11) is 4.44. The van der Waals surface area contributed by atoms with E-state index in [2.05, 4.69) is 10.6 Å². The molecule has 0 heterocycles. The maximum absolute atomic E-state index is 12.2. The van der Waals surface area contributed by atoms with Gasteiger partial charge in [-0.2, -0.15) is 0 Å². The number of hydrogen-bond acceptors (Lipinski definition) is 7. The number of nitrogens with one attached hydrogen (secondary N) is 2. The molecule has 0 radical (unpaired) electrons. The smallest absolute Gasteiger partial charge is 0.326 e. The van der Waals surface area contributed by atoms with Gasteiger partial charge in [0.05, 0.1) is 20.8 Å². The highest BCUT2D eigenvalue weighted by atomic mass is 16.5. The summed E-state index contributed by atoms with van der Waals surface area (Å²) in [5.41, 5.74) is 0.263. The molecule has 0 aliphatic rings. The van der Waals surface area contributed by atoms with Crippen LogP contribution in [0.25, 0.3) is 0 Å². The van der Waals surface area contributed by atoms with Gasteiger partial charge in [0.2, 0.25) is 0 Å². The van der Waals surface area contributed by atoms with Gasteiger partial charge in [0.25, 0.3) is 11.8 Å². The molecule has 2 amide bonds. The molecular weight excluding hydrogens is 344 g/mol. The molecule has 2 N–H and O–H groups in total. The Hall–Kier alpha value is -2.81. The Labute approximate surface area is 151 Å². The average Bonchev–Trinajstić information content (AvgIpc) is 2.65. The molecule has 0 aliphatic heterocycles. The van der Waals surface area contributed by atoms with E-state index in [1.165, 1.54) is 40.4 Å². The van der Waals surface area contributed by atoms with Crippen LogP contribution < -0.4 is 20.1 Å². The van der Waals surface area contributed by atoms with Crippen LogP contribution in [0.5, 0.6) is 11.5 Å². The molecule has 1 atom stereocenters. The van der Waals surface area contributed by atoms with Crippen LogP contribution in [0.2, 0.25) is 0 Å². The Morgan fingerprint density at radius 3 is 2.15 bits per heavy atom. The van der Waals surface area contributed by atoms with E-state index < -0.39 is 23.9 Å². The fourth-order valence-corrected chi connectivity index (χ4v) is 1.91. The summed E-state index contributed by atoms with van der Waals surface area (Å²) in [6.07, 6.45) is -0.979. The van der Waals surface area contributed by atoms with Crippen molar-refractivity contribution < 1.29 is 33.3 Å². The first-order valence-corrected chi connectivity index (χ1v) is 7.88. The van der Waals surface area contributed by atoms with Crippen molar-refractivity contribution in [3.05, 3.63) is 23.8 Å². The van der Waals surface area contributed by atoms with Gasteiger partial charge in [-0.25, -0.2) is 0 Å². The van der Waals surface area contributed by atoms with Crippen LogP contribution in [0.4, 0.5) is 0 Å². The summed E-state index contributed by atoms with van der Waals surface area (Å²) in [6.45, 7) is 1.72. The third-order valence-corrected chi connectivity index (χ3v) is 3.29. The fraction of sp³-hybridized carbons (Fsp3) is 0.471. The van der Waals surface area contributed by atoms with Gasteiger partial charge in [0, 0.05) is 25.3 Å². The van der Waals surface area contributed by atoms with Gasteiger partial charge in [0.15, 0.2) is 6.10 Å². The van der Waals surface area contributed by atoms with E-state index >= 15 is 0 Å². The van der Waals surface area contributed by atoms with Gasteiger partial charge < -0.3 is 29.6 Å². The molecule has 0 aliphatic carbocycles. The number of carbonyl (C=O) groups is 3. The molecule has 26 heavy (non-hydrogen) atoms. The first-order valence-electron chi connectivity index (χ1n) is 7.88. The highest BCUT2D eigenvalue weighted by molar-refractivity contribution is 5.96. The van der Waals surface area contributed by atoms with Gasteiger partial charge in [-0.05, 0) is 19.1 Å². The second-order valence-corrected chi connectivity index (χ2v) is 5.20. The summed E-state index contributed by atoms with van der Waals surface area (Å²) in [5, 5.41) is 4.97. The van der Waals surface area contributed by atoms with E-state index in [-0.39, 0.29) is 12.1 Å². The maximum atomic E-state index is 12.2. The standard InChI is InChI=1S/C17H24N2O7/c1-11(16(21)18-5-6-23-2)26-15(20)10-19-17(22)12-7-13(24-3)9-14(8-12)25-4/h7-9,11H,5-6,10H2,1-4H3,(H,18,21)(H,19,22)/t11-/m0/s1. The lowest BCUT2D eigenvalue weighted by molar-refractivity contribution is -0.153. The molecule has 1 aromatic carbocycles. The molecule has 0 aromatic heterocycles. The van der Waals surface area contributed by atoms with Crippen molar-refractivity contribution in [3.63, 3.8) is 0 Å². The van der Waals surface area contributed by atoms with Crippen molar-refractivity contribution in [2.45, 2.75) is 13.0 Å². The maximum Gasteiger partial charge on any atom is 0.326 e. The zero-order chi connectivity index (χ0) is 19.5. The highest BCUT2D eigenvalue weighted by Crippen LogP contribution is 2.22. The van der Waals surface area contributed by atoms with Crippen molar-refractivity contribution in [3.8, 4) is 11.5 Å². The monoisotopic (exact) mass is 368 g/mol. The summed E-state index contributed by atoms with van der Waals surface area (Å²) < 4.78 is 19.9. The van der Waals surface area contributed by atoms with Crippen LogP contribution >= 0.6 is 0 Å². The molecule has 9 nitrogen and oxygen atoms in total. The Balaban J connectivity index is 2.51. The van der Waals surface area contributed by atoms with Crippen LogP contribution in [0.15, 0.2) is 18.2 Å². The molecule has 144 valence electrons. The van der Waals surface area contributed by atoms with E-state index in [0.29, 0.717) is 24.7 Å². The van der Waals surface area contributed by atoms with Crippen molar-refractivity contribution >= 4 is 17.8 Å². The van der Waals surface area contributed by atoms with Gasteiger partial charge >= 0.3 is 5.97 Å². The van der Waals surface area contributed by atoms with Crippen LogP contribution in [0, 0.1) is 0 Å². The Kier molecular flexibility index (Phi) is 8.93. The van der Waals surface area contributed by atoms with E-state index in [9.17, 15) is 14.4 Å². The normalized spacial score (nSPS) is 11.2. The number of rotatable bonds is 10. The number of ether oxygens (including phenoxy) is 4. The van der Waals surface area contributed by atoms with Crippen molar-refractivity contribution in [2.75, 3.05) is 41.0 Å². The van der Waals surface area contributed by atoms with Crippen LogP contribution in [-0.4, -0.2) is 64.9 Å². The van der Waals surface area contributed by atoms with Gasteiger partial charge in [-0.15, -0.1) is 0 Å². The molecular formula is C17H24N2O7. The summed E-state index contributed by atoms with van der Waals surface area (Å²) in [4.78, 5) is 35.6. The van der Waals surface area contributed by atoms with Crippen molar-refractivity contribution in [2.24, 2.45) is 0 Å². The zero-order valence-corrected chi connectivity index (χ0v) is 15.3. The Bertz CT molecular complexity index is 611. The molecule has 0 fully saturated rings. The topological polar surface area (TPSA) is 112 Å². The fourth-order valence-electron chi connectivity index (χ4n) is 1.91. The van der Waals surface area contributed by atoms with E-state index in [1.54, 1.807) is 6.07 Å². The summed E-state index contributed by atoms with van der Waals surface area (Å²) in [6, 6.07) is 4.64. The third-order valence-electron chi connectivity index (χ3n) is 3.29. The van der Waals surface area contributed by atoms with Crippen molar-refractivity contribution in [1.29, 1.82) is 0 Å². The second kappa shape index (κ2) is 10.9. The first-order chi connectivity index (χ1) is 12.4. The number of benzene rings is 1. The quantitative estimate of drug-likeness (QED) is 0.446. The lowest BCUT2D eigenvalue weighted by Gasteiger charge is -2.14. The molecule has 1 aromatic rings. The first kappa shape index (κ1) is 21.2. The van der Waals surface area contributed by atoms with Gasteiger partial charge in [0.1, 0.15) is 18.0 Å². The number of hydrogen-bond donors (Lipinski definition) is 2. The molecule has 1 rings (SSSR count). The molecule has 0 saturated heterocycles. The van der Waals surface area contributed by atoms with Gasteiger partial charge in [-0.1, -0.05) is 0 Å². The third kappa shape index (κ3) is 6.98. The lowest BCUT2D eigenvalue weighted by atomic mass is 10.2. The highest BCUT2D eigenvalue weighted by Gasteiger charge is 2.18. The summed E-state index contributed by atoms with van der Waals surface area (Å²) in [5.74, 6) is -0.796. The number of carbonyl (C=O) groups excluding carboxylic acids is 3. The van der Waals surface area contributed by atoms with Crippen LogP contribution in [-0.2, 0) is 19.1 Å². The molecule has 0 spiro atoms. The van der Waals surface area contributed by atoms with E-state index in [4.69, 9.17) is 18.9 Å². The largest absolute Gasteiger partial charge is 0.497 e. The minimum atomic E-state index is -0.979. The molecule has 9 heteroatoms. The molecule has 0 bridgehead atoms. The van der Waals surface area contributed by atoms with Crippen LogP contribution in [0.3, 0.4) is 0 Å². The minimum Gasteiger partial charge on any atom is -0.497 e. The van der Waals surface area contributed by atoms with Crippen molar-refractivity contribution in [1.82, 2.24) is 10.6 Å². The minimum absolute atomic E-state index is 0.263. The zero-order valence-electron chi connectivity index (χ0n) is 15.3. The second-order valence-electron chi connectivity index (χ2n) is 5.20. The van der Waals surface area contributed by atoms with E-state index in [1.807, 2.05) is 0 Å². The molecule has 0 unspecified atom stereocenters. The number of amides is 2. The Morgan fingerprint density at radius 2 is 1.62 bits per heavy atom. The van der Waals surface area contributed by atoms with Crippen LogP contribution in [0.1, 0.15) is 17.3 Å². The lowest BCUT2D eigenvalue weighted by Crippen LogP contribution is -2.39. The Morgan fingerprint density at radius 1 is 1.00 bits per heavy atom. The number of esters is 1. The SMILES string of the molecule is COCCNC(=O)[C@H](C)OC(=O)CNC(=O)c1cc(OC)cc(OC)c1.